The molecule has 0 aromatic carbocycles. The molecule has 74 valence electrons. The van der Waals surface area contributed by atoms with Gasteiger partial charge in [-0.3, -0.25) is 0 Å². The third-order valence-electron chi connectivity index (χ3n) is 2.31. The largest absolute Gasteiger partial charge is 0.373 e. The molecule has 0 aliphatic carbocycles. The topological polar surface area (TPSA) is 27.6 Å². The van der Waals surface area contributed by atoms with E-state index in [4.69, 9.17) is 0 Å². The normalized spacial score (nSPS) is 28.3. The highest BCUT2D eigenvalue weighted by molar-refractivity contribution is 5.86. The Hall–Kier alpha value is -1.58. The Bertz CT molecular complexity index is 354. The van der Waals surface area contributed by atoms with Crippen molar-refractivity contribution in [2.24, 2.45) is 4.99 Å². The highest BCUT2D eigenvalue weighted by Gasteiger charge is 2.20. The van der Waals surface area contributed by atoms with E-state index in [0.29, 0.717) is 12.3 Å². The Kier molecular flexibility index (Phi) is 2.11. The van der Waals surface area contributed by atoms with Gasteiger partial charge in [0.25, 0.3) is 0 Å². The zero-order valence-corrected chi connectivity index (χ0v) is 8.00. The van der Waals surface area contributed by atoms with Gasteiger partial charge in [0, 0.05) is 25.4 Å². The first-order valence-corrected chi connectivity index (χ1v) is 4.46. The molecule has 2 bridgehead atoms. The van der Waals surface area contributed by atoms with Crippen LogP contribution in [0.25, 0.3) is 0 Å². The van der Waals surface area contributed by atoms with Crippen molar-refractivity contribution in [1.29, 1.82) is 0 Å². The highest BCUT2D eigenvalue weighted by atomic mass is 19.1. The van der Waals surface area contributed by atoms with Gasteiger partial charge in [-0.2, -0.15) is 4.39 Å². The van der Waals surface area contributed by atoms with Crippen LogP contribution in [0.3, 0.4) is 0 Å². The minimum Gasteiger partial charge on any atom is -0.373 e. The first-order chi connectivity index (χ1) is 6.65. The maximum atomic E-state index is 13.1. The van der Waals surface area contributed by atoms with Crippen LogP contribution in [0.5, 0.6) is 0 Å². The maximum absolute atomic E-state index is 13.1. The van der Waals surface area contributed by atoms with Crippen molar-refractivity contribution in [1.82, 2.24) is 10.2 Å². The molecule has 0 fully saturated rings. The number of halogens is 1. The number of hydrogen-bond donors (Lipinski definition) is 1. The maximum Gasteiger partial charge on any atom is 0.212 e. The molecule has 2 aliphatic heterocycles. The monoisotopic (exact) mass is 193 g/mol. The van der Waals surface area contributed by atoms with E-state index in [1.54, 1.807) is 0 Å². The third-order valence-corrected chi connectivity index (χ3v) is 2.31. The molecule has 1 atom stereocenters. The number of nitrogens with zero attached hydrogens (tertiary/aromatic N) is 2. The molecule has 4 heteroatoms. The summed E-state index contributed by atoms with van der Waals surface area (Å²) in [6.07, 6.45) is 5.93. The number of rotatable bonds is 0. The summed E-state index contributed by atoms with van der Waals surface area (Å²) in [5.74, 6) is 0.204. The molecule has 2 heterocycles. The molecular weight excluding hydrogens is 181 g/mol. The van der Waals surface area contributed by atoms with Crippen LogP contribution in [-0.2, 0) is 0 Å². The summed E-state index contributed by atoms with van der Waals surface area (Å²) < 4.78 is 13.1. The minimum atomic E-state index is -0.432. The van der Waals surface area contributed by atoms with Crippen LogP contribution in [-0.4, -0.2) is 23.8 Å². The summed E-state index contributed by atoms with van der Waals surface area (Å²) in [6, 6.07) is 0.0411. The molecule has 1 N–H and O–H groups in total. The second kappa shape index (κ2) is 3.29. The Morgan fingerprint density at radius 1 is 1.71 bits per heavy atom. The Labute approximate surface area is 82.3 Å². The Morgan fingerprint density at radius 3 is 3.29 bits per heavy atom. The van der Waals surface area contributed by atoms with Crippen LogP contribution >= 0.6 is 0 Å². The van der Waals surface area contributed by atoms with Crippen molar-refractivity contribution in [3.8, 4) is 0 Å². The summed E-state index contributed by atoms with van der Waals surface area (Å²) in [5.41, 5.74) is 0.726. The zero-order valence-electron chi connectivity index (χ0n) is 8.00. The van der Waals surface area contributed by atoms with E-state index >= 15 is 0 Å². The van der Waals surface area contributed by atoms with Crippen molar-refractivity contribution in [2.45, 2.75) is 12.5 Å². The first-order valence-electron chi connectivity index (χ1n) is 4.46. The first kappa shape index (κ1) is 8.99. The molecule has 0 aromatic rings. The summed E-state index contributed by atoms with van der Waals surface area (Å²) in [5, 5.41) is 2.96. The summed E-state index contributed by atoms with van der Waals surface area (Å²) in [4.78, 5) is 5.71. The highest BCUT2D eigenvalue weighted by Crippen LogP contribution is 2.18. The lowest BCUT2D eigenvalue weighted by Crippen LogP contribution is -2.37. The third kappa shape index (κ3) is 1.69. The van der Waals surface area contributed by atoms with Crippen molar-refractivity contribution < 1.29 is 4.39 Å². The molecular formula is C10H12FN3. The predicted octanol–water partition coefficient (Wildman–Crippen LogP) is 1.53. The molecule has 0 spiro atoms. The van der Waals surface area contributed by atoms with Gasteiger partial charge in [0.05, 0.1) is 6.04 Å². The minimum absolute atomic E-state index is 0.0411. The van der Waals surface area contributed by atoms with E-state index in [-0.39, 0.29) is 6.04 Å². The van der Waals surface area contributed by atoms with E-state index in [2.05, 4.69) is 16.9 Å². The summed E-state index contributed by atoms with van der Waals surface area (Å²) >= 11 is 0. The molecule has 0 radical (unpaired) electrons. The fraction of sp³-hybridized carbons (Fsp3) is 0.300. The van der Waals surface area contributed by atoms with Crippen LogP contribution in [0.15, 0.2) is 41.6 Å². The number of allylic oxidation sites excluding steroid dienone is 1. The molecule has 14 heavy (non-hydrogen) atoms. The standard InChI is InChI=1S/C10H12FN3/c1-7-3-4-14(2)8-5-9(11)13-10(6-8)12-7/h3-5,8H,1,6H2,2H3,(H,12,13)/b4-3-. The van der Waals surface area contributed by atoms with Crippen LogP contribution < -0.4 is 5.32 Å². The number of hydrogen-bond acceptors (Lipinski definition) is 3. The molecule has 0 saturated heterocycles. The van der Waals surface area contributed by atoms with E-state index in [1.807, 2.05) is 24.2 Å². The van der Waals surface area contributed by atoms with E-state index in [0.717, 1.165) is 5.70 Å². The second-order valence-corrected chi connectivity index (χ2v) is 3.45. The summed E-state index contributed by atoms with van der Waals surface area (Å²) in [6.45, 7) is 3.78. The van der Waals surface area contributed by atoms with E-state index < -0.39 is 5.95 Å². The molecule has 2 aliphatic rings. The lowest BCUT2D eigenvalue weighted by molar-refractivity contribution is 0.376. The number of likely N-dealkylation sites (N-methyl/N-ethyl adjacent to an activating group) is 1. The number of amidine groups is 1. The predicted molar refractivity (Wildman–Crippen MR) is 54.2 cm³/mol. The van der Waals surface area contributed by atoms with Gasteiger partial charge in [-0.15, -0.1) is 0 Å². The number of aliphatic imine (C=N–C) groups is 1. The van der Waals surface area contributed by atoms with Crippen LogP contribution in [0, 0.1) is 0 Å². The van der Waals surface area contributed by atoms with Crippen LogP contribution in [0.2, 0.25) is 0 Å². The van der Waals surface area contributed by atoms with Crippen molar-refractivity contribution in [2.75, 3.05) is 7.05 Å². The molecule has 0 aromatic heterocycles. The van der Waals surface area contributed by atoms with Gasteiger partial charge in [0.1, 0.15) is 5.84 Å². The molecule has 3 nitrogen and oxygen atoms in total. The van der Waals surface area contributed by atoms with E-state index in [1.165, 1.54) is 6.08 Å². The lowest BCUT2D eigenvalue weighted by Gasteiger charge is -2.29. The quantitative estimate of drug-likeness (QED) is 0.591. The number of nitrogens with one attached hydrogen (secondary N) is 1. The smallest absolute Gasteiger partial charge is 0.212 e. The van der Waals surface area contributed by atoms with Gasteiger partial charge in [-0.05, 0) is 12.2 Å². The fourth-order valence-corrected chi connectivity index (χ4v) is 1.51. The zero-order chi connectivity index (χ0) is 10.1. The average molecular weight is 193 g/mol. The second-order valence-electron chi connectivity index (χ2n) is 3.45. The molecule has 0 amide bonds. The average Bonchev–Trinajstić information content (AvgIpc) is 2.12. The van der Waals surface area contributed by atoms with Gasteiger partial charge in [0.2, 0.25) is 5.95 Å². The van der Waals surface area contributed by atoms with Gasteiger partial charge < -0.3 is 10.2 Å². The molecule has 2 rings (SSSR count). The van der Waals surface area contributed by atoms with E-state index in [9.17, 15) is 4.39 Å². The van der Waals surface area contributed by atoms with Gasteiger partial charge in [0.15, 0.2) is 0 Å². The van der Waals surface area contributed by atoms with Gasteiger partial charge in [-0.1, -0.05) is 6.58 Å². The Morgan fingerprint density at radius 2 is 2.50 bits per heavy atom. The lowest BCUT2D eigenvalue weighted by atomic mass is 10.1. The number of fused-ring (bicyclic) bond motifs is 2. The van der Waals surface area contributed by atoms with Crippen molar-refractivity contribution >= 4 is 5.84 Å². The van der Waals surface area contributed by atoms with Crippen LogP contribution in [0.4, 0.5) is 4.39 Å². The van der Waals surface area contributed by atoms with Crippen LogP contribution in [0.1, 0.15) is 6.42 Å². The molecule has 1 unspecified atom stereocenters. The van der Waals surface area contributed by atoms with Gasteiger partial charge in [-0.25, -0.2) is 4.99 Å². The Balaban J connectivity index is 2.35. The van der Waals surface area contributed by atoms with Crippen molar-refractivity contribution in [3.63, 3.8) is 0 Å². The van der Waals surface area contributed by atoms with Crippen molar-refractivity contribution in [3.05, 3.63) is 36.6 Å². The SMILES string of the molecule is C=C1/C=C\N(C)C2C=C(F)N=C(C2)N1. The molecule has 0 saturated carbocycles. The van der Waals surface area contributed by atoms with Gasteiger partial charge >= 0.3 is 0 Å². The fourth-order valence-electron chi connectivity index (χ4n) is 1.51. The summed E-state index contributed by atoms with van der Waals surface area (Å²) in [7, 11) is 1.91.